The van der Waals surface area contributed by atoms with Crippen molar-refractivity contribution in [3.63, 3.8) is 0 Å². The van der Waals surface area contributed by atoms with Gasteiger partial charge in [0, 0.05) is 13.1 Å². The molecule has 1 heterocycles. The van der Waals surface area contributed by atoms with Gasteiger partial charge in [-0.3, -0.25) is 0 Å². The third kappa shape index (κ3) is 3.83. The van der Waals surface area contributed by atoms with Crippen molar-refractivity contribution in [3.8, 4) is 0 Å². The van der Waals surface area contributed by atoms with Gasteiger partial charge >= 0.3 is 0 Å². The lowest BCUT2D eigenvalue weighted by molar-refractivity contribution is 0.122. The second-order valence-corrected chi connectivity index (χ2v) is 5.26. The molecular weight excluding hydrogens is 210 g/mol. The lowest BCUT2D eigenvalue weighted by Crippen LogP contribution is -2.35. The van der Waals surface area contributed by atoms with Crippen molar-refractivity contribution in [1.82, 2.24) is 4.90 Å². The minimum absolute atomic E-state index is 0.312. The van der Waals surface area contributed by atoms with Crippen LogP contribution in [0.25, 0.3) is 0 Å². The van der Waals surface area contributed by atoms with E-state index in [0.29, 0.717) is 0 Å². The summed E-state index contributed by atoms with van der Waals surface area (Å²) < 4.78 is 0. The number of aliphatic hydroxyl groups excluding tert-OH is 1. The summed E-state index contributed by atoms with van der Waals surface area (Å²) in [5.74, 6) is 0.817. The quantitative estimate of drug-likeness (QED) is 0.864. The smallest absolute Gasteiger partial charge is 0.0802 e. The van der Waals surface area contributed by atoms with Crippen LogP contribution in [0, 0.1) is 5.92 Å². The van der Waals surface area contributed by atoms with Gasteiger partial charge in [-0.25, -0.2) is 0 Å². The van der Waals surface area contributed by atoms with E-state index in [-0.39, 0.29) is 6.10 Å². The summed E-state index contributed by atoms with van der Waals surface area (Å²) in [4.78, 5) is 2.49. The molecule has 1 aliphatic heterocycles. The number of aliphatic hydroxyl groups is 1. The molecule has 1 aliphatic rings. The predicted octanol–water partition coefficient (Wildman–Crippen LogP) is 2.84. The monoisotopic (exact) mass is 233 g/mol. The Morgan fingerprint density at radius 1 is 1.35 bits per heavy atom. The summed E-state index contributed by atoms with van der Waals surface area (Å²) in [5, 5.41) is 10.1. The maximum Gasteiger partial charge on any atom is 0.0802 e. The normalized spacial score (nSPS) is 23.5. The van der Waals surface area contributed by atoms with E-state index < -0.39 is 0 Å². The lowest BCUT2D eigenvalue weighted by atomic mass is 9.99. The van der Waals surface area contributed by atoms with Crippen molar-refractivity contribution >= 4 is 0 Å². The van der Waals surface area contributed by atoms with Crippen molar-refractivity contribution in [2.75, 3.05) is 19.6 Å². The highest BCUT2D eigenvalue weighted by molar-refractivity contribution is 5.17. The largest absolute Gasteiger partial charge is 0.388 e. The van der Waals surface area contributed by atoms with Gasteiger partial charge in [0.05, 0.1) is 6.10 Å². The molecule has 2 rings (SSSR count). The van der Waals surface area contributed by atoms with Gasteiger partial charge in [-0.15, -0.1) is 0 Å². The summed E-state index contributed by atoms with van der Waals surface area (Å²) in [6, 6.07) is 9.97. The van der Waals surface area contributed by atoms with Crippen molar-refractivity contribution in [3.05, 3.63) is 35.9 Å². The number of hydrogen-bond donors (Lipinski definition) is 1. The van der Waals surface area contributed by atoms with Crippen molar-refractivity contribution in [2.24, 2.45) is 5.92 Å². The van der Waals surface area contributed by atoms with Crippen LogP contribution in [0.4, 0.5) is 0 Å². The summed E-state index contributed by atoms with van der Waals surface area (Å²) in [5.41, 5.74) is 1.04. The summed E-state index contributed by atoms with van der Waals surface area (Å²) in [7, 11) is 0. The van der Waals surface area contributed by atoms with Crippen molar-refractivity contribution in [1.29, 1.82) is 0 Å². The van der Waals surface area contributed by atoms with E-state index in [1.54, 1.807) is 0 Å². The van der Waals surface area contributed by atoms with Gasteiger partial charge < -0.3 is 10.0 Å². The van der Waals surface area contributed by atoms with E-state index in [2.05, 4.69) is 11.8 Å². The van der Waals surface area contributed by atoms with Crippen LogP contribution in [0.15, 0.2) is 30.3 Å². The first kappa shape index (κ1) is 12.6. The Kier molecular flexibility index (Phi) is 4.57. The molecule has 1 saturated heterocycles. The molecule has 2 nitrogen and oxygen atoms in total. The van der Waals surface area contributed by atoms with Crippen LogP contribution in [0.3, 0.4) is 0 Å². The fraction of sp³-hybridized carbons (Fsp3) is 0.600. The van der Waals surface area contributed by atoms with Crippen LogP contribution >= 0.6 is 0 Å². The van der Waals surface area contributed by atoms with Gasteiger partial charge in [-0.05, 0) is 37.3 Å². The first-order valence-corrected chi connectivity index (χ1v) is 6.71. The van der Waals surface area contributed by atoms with Gasteiger partial charge in [0.1, 0.15) is 0 Å². The molecule has 0 aromatic heterocycles. The zero-order valence-corrected chi connectivity index (χ0v) is 10.7. The fourth-order valence-electron chi connectivity index (χ4n) is 2.64. The Morgan fingerprint density at radius 3 is 2.82 bits per heavy atom. The molecule has 1 fully saturated rings. The standard InChI is InChI=1S/C15H23NO/c1-13-6-5-10-16(12-13)11-9-15(17)14-7-3-2-4-8-14/h2-4,7-8,13,15,17H,5-6,9-12H2,1H3/t13-,15-/m1/s1. The molecule has 0 bridgehead atoms. The second-order valence-electron chi connectivity index (χ2n) is 5.26. The molecule has 0 unspecified atom stereocenters. The Balaban J connectivity index is 1.78. The van der Waals surface area contributed by atoms with Crippen LogP contribution < -0.4 is 0 Å². The van der Waals surface area contributed by atoms with E-state index in [1.165, 1.54) is 25.9 Å². The molecule has 1 aromatic rings. The van der Waals surface area contributed by atoms with E-state index in [0.717, 1.165) is 24.4 Å². The van der Waals surface area contributed by atoms with E-state index in [1.807, 2.05) is 30.3 Å². The van der Waals surface area contributed by atoms with Gasteiger partial charge in [0.2, 0.25) is 0 Å². The number of benzene rings is 1. The van der Waals surface area contributed by atoms with E-state index >= 15 is 0 Å². The first-order valence-electron chi connectivity index (χ1n) is 6.71. The van der Waals surface area contributed by atoms with Gasteiger partial charge in [-0.1, -0.05) is 37.3 Å². The summed E-state index contributed by atoms with van der Waals surface area (Å²) in [6.07, 6.45) is 3.20. The first-order chi connectivity index (χ1) is 8.25. The van der Waals surface area contributed by atoms with Crippen LogP contribution in [-0.4, -0.2) is 29.6 Å². The lowest BCUT2D eigenvalue weighted by Gasteiger charge is -2.31. The van der Waals surface area contributed by atoms with Gasteiger partial charge in [0.15, 0.2) is 0 Å². The molecule has 0 amide bonds. The van der Waals surface area contributed by atoms with Crippen LogP contribution in [0.2, 0.25) is 0 Å². The van der Waals surface area contributed by atoms with E-state index in [9.17, 15) is 5.11 Å². The summed E-state index contributed by atoms with van der Waals surface area (Å²) >= 11 is 0. The molecule has 17 heavy (non-hydrogen) atoms. The van der Waals surface area contributed by atoms with Crippen LogP contribution in [-0.2, 0) is 0 Å². The van der Waals surface area contributed by atoms with Crippen LogP contribution in [0.5, 0.6) is 0 Å². The fourth-order valence-corrected chi connectivity index (χ4v) is 2.64. The Labute approximate surface area is 104 Å². The molecule has 1 N–H and O–H groups in total. The maximum atomic E-state index is 10.1. The molecular formula is C15H23NO. The minimum Gasteiger partial charge on any atom is -0.388 e. The number of nitrogens with zero attached hydrogens (tertiary/aromatic N) is 1. The number of hydrogen-bond acceptors (Lipinski definition) is 2. The third-order valence-electron chi connectivity index (χ3n) is 3.64. The zero-order chi connectivity index (χ0) is 12.1. The Hall–Kier alpha value is -0.860. The Morgan fingerprint density at radius 2 is 2.12 bits per heavy atom. The average molecular weight is 233 g/mol. The second kappa shape index (κ2) is 6.18. The zero-order valence-electron chi connectivity index (χ0n) is 10.7. The maximum absolute atomic E-state index is 10.1. The molecule has 2 heteroatoms. The SMILES string of the molecule is C[C@@H]1CCCN(CC[C@@H](O)c2ccccc2)C1. The highest BCUT2D eigenvalue weighted by Gasteiger charge is 2.17. The molecule has 0 radical (unpaired) electrons. The summed E-state index contributed by atoms with van der Waals surface area (Å²) in [6.45, 7) is 5.73. The van der Waals surface area contributed by atoms with Crippen molar-refractivity contribution < 1.29 is 5.11 Å². The number of likely N-dealkylation sites (tertiary alicyclic amines) is 1. The highest BCUT2D eigenvalue weighted by atomic mass is 16.3. The van der Waals surface area contributed by atoms with Crippen molar-refractivity contribution in [2.45, 2.75) is 32.3 Å². The highest BCUT2D eigenvalue weighted by Crippen LogP contribution is 2.19. The molecule has 2 atom stereocenters. The third-order valence-corrected chi connectivity index (χ3v) is 3.64. The van der Waals surface area contributed by atoms with Gasteiger partial charge in [0.25, 0.3) is 0 Å². The number of rotatable bonds is 4. The Bertz CT molecular complexity index is 325. The van der Waals surface area contributed by atoms with E-state index in [4.69, 9.17) is 0 Å². The average Bonchev–Trinajstić information content (AvgIpc) is 2.37. The molecule has 1 aromatic carbocycles. The topological polar surface area (TPSA) is 23.5 Å². The molecule has 0 saturated carbocycles. The molecule has 0 spiro atoms. The molecule has 0 aliphatic carbocycles. The minimum atomic E-state index is -0.312. The molecule has 94 valence electrons. The number of piperidine rings is 1. The van der Waals surface area contributed by atoms with Gasteiger partial charge in [-0.2, -0.15) is 0 Å². The van der Waals surface area contributed by atoms with Crippen LogP contribution in [0.1, 0.15) is 37.9 Å². The predicted molar refractivity (Wildman–Crippen MR) is 70.9 cm³/mol.